The molecule has 2 heterocycles. The summed E-state index contributed by atoms with van der Waals surface area (Å²) in [6.45, 7) is 1.99. The molecule has 2 fully saturated rings. The summed E-state index contributed by atoms with van der Waals surface area (Å²) in [5, 5.41) is 8.77. The molecular formula is C12H19NO4. The van der Waals surface area contributed by atoms with Crippen molar-refractivity contribution in [3.05, 3.63) is 0 Å². The Bertz CT molecular complexity index is 299. The van der Waals surface area contributed by atoms with Gasteiger partial charge in [0.25, 0.3) is 5.91 Å². The molecule has 2 rings (SSSR count). The fourth-order valence-electron chi connectivity index (χ4n) is 2.65. The summed E-state index contributed by atoms with van der Waals surface area (Å²) in [7, 11) is 0. The minimum atomic E-state index is -0.776. The SMILES string of the molecule is O=C(O)CC1CCCN(C(=O)C2CCCO2)C1. The van der Waals surface area contributed by atoms with E-state index in [1.54, 1.807) is 4.90 Å². The predicted molar refractivity (Wildman–Crippen MR) is 60.5 cm³/mol. The second-order valence-corrected chi connectivity index (χ2v) is 4.89. The Morgan fingerprint density at radius 2 is 2.12 bits per heavy atom. The molecule has 0 radical (unpaired) electrons. The summed E-state index contributed by atoms with van der Waals surface area (Å²) >= 11 is 0. The average molecular weight is 241 g/mol. The van der Waals surface area contributed by atoms with E-state index in [1.807, 2.05) is 0 Å². The summed E-state index contributed by atoms with van der Waals surface area (Å²) in [4.78, 5) is 24.5. The highest BCUT2D eigenvalue weighted by atomic mass is 16.5. The zero-order chi connectivity index (χ0) is 12.3. The molecule has 17 heavy (non-hydrogen) atoms. The van der Waals surface area contributed by atoms with E-state index in [0.717, 1.165) is 32.2 Å². The lowest BCUT2D eigenvalue weighted by molar-refractivity contribution is -0.145. The molecule has 5 nitrogen and oxygen atoms in total. The van der Waals surface area contributed by atoms with Crippen LogP contribution in [0, 0.1) is 5.92 Å². The van der Waals surface area contributed by atoms with Crippen molar-refractivity contribution >= 4 is 11.9 Å². The summed E-state index contributed by atoms with van der Waals surface area (Å²) in [6.07, 6.45) is 3.44. The number of nitrogens with zero attached hydrogens (tertiary/aromatic N) is 1. The molecule has 2 aliphatic heterocycles. The number of amides is 1. The van der Waals surface area contributed by atoms with E-state index in [0.29, 0.717) is 13.2 Å². The Morgan fingerprint density at radius 3 is 2.76 bits per heavy atom. The van der Waals surface area contributed by atoms with Crippen molar-refractivity contribution in [2.45, 2.75) is 38.2 Å². The average Bonchev–Trinajstić information content (AvgIpc) is 2.81. The van der Waals surface area contributed by atoms with Crippen LogP contribution in [0.15, 0.2) is 0 Å². The van der Waals surface area contributed by atoms with Crippen molar-refractivity contribution in [3.8, 4) is 0 Å². The summed E-state index contributed by atoms with van der Waals surface area (Å²) in [5.41, 5.74) is 0. The Balaban J connectivity index is 1.87. The van der Waals surface area contributed by atoms with Gasteiger partial charge in [-0.1, -0.05) is 0 Å². The van der Waals surface area contributed by atoms with Crippen molar-refractivity contribution in [1.82, 2.24) is 4.90 Å². The monoisotopic (exact) mass is 241 g/mol. The van der Waals surface area contributed by atoms with Gasteiger partial charge in [0.1, 0.15) is 6.10 Å². The van der Waals surface area contributed by atoms with Crippen LogP contribution in [0.25, 0.3) is 0 Å². The second kappa shape index (κ2) is 5.49. The van der Waals surface area contributed by atoms with Crippen LogP contribution in [0.4, 0.5) is 0 Å². The van der Waals surface area contributed by atoms with Gasteiger partial charge in [0, 0.05) is 26.1 Å². The number of likely N-dealkylation sites (tertiary alicyclic amines) is 1. The normalized spacial score (nSPS) is 29.3. The van der Waals surface area contributed by atoms with Gasteiger partial charge in [0.15, 0.2) is 0 Å². The van der Waals surface area contributed by atoms with E-state index in [1.165, 1.54) is 0 Å². The van der Waals surface area contributed by atoms with E-state index in [2.05, 4.69) is 0 Å². The van der Waals surface area contributed by atoms with Gasteiger partial charge in [0.2, 0.25) is 0 Å². The predicted octanol–water partition coefficient (Wildman–Crippen LogP) is 0.879. The van der Waals surface area contributed by atoms with Crippen molar-refractivity contribution in [2.24, 2.45) is 5.92 Å². The molecule has 0 aromatic rings. The van der Waals surface area contributed by atoms with E-state index in [4.69, 9.17) is 9.84 Å². The number of aliphatic carboxylic acids is 1. The number of carbonyl (C=O) groups excluding carboxylic acids is 1. The number of piperidine rings is 1. The van der Waals surface area contributed by atoms with Crippen LogP contribution in [-0.4, -0.2) is 47.7 Å². The summed E-state index contributed by atoms with van der Waals surface area (Å²) < 4.78 is 5.38. The molecule has 1 amide bonds. The molecule has 5 heteroatoms. The molecule has 96 valence electrons. The molecule has 1 N–H and O–H groups in total. The zero-order valence-electron chi connectivity index (χ0n) is 9.93. The number of carboxylic acid groups (broad SMARTS) is 1. The smallest absolute Gasteiger partial charge is 0.303 e. The molecule has 2 atom stereocenters. The number of carbonyl (C=O) groups is 2. The number of hydrogen-bond acceptors (Lipinski definition) is 3. The number of carboxylic acids is 1. The highest BCUT2D eigenvalue weighted by molar-refractivity contribution is 5.81. The van der Waals surface area contributed by atoms with E-state index in [9.17, 15) is 9.59 Å². The molecule has 2 saturated heterocycles. The molecular weight excluding hydrogens is 222 g/mol. The third kappa shape index (κ3) is 3.19. The van der Waals surface area contributed by atoms with Crippen LogP contribution < -0.4 is 0 Å². The van der Waals surface area contributed by atoms with Gasteiger partial charge in [-0.25, -0.2) is 0 Å². The van der Waals surface area contributed by atoms with Crippen molar-refractivity contribution in [2.75, 3.05) is 19.7 Å². The third-order valence-corrected chi connectivity index (χ3v) is 3.50. The fourth-order valence-corrected chi connectivity index (χ4v) is 2.65. The standard InChI is InChI=1S/C12H19NO4/c14-11(15)7-9-3-1-5-13(8-9)12(16)10-4-2-6-17-10/h9-10H,1-8H2,(H,14,15). The van der Waals surface area contributed by atoms with Crippen LogP contribution in [-0.2, 0) is 14.3 Å². The fraction of sp³-hybridized carbons (Fsp3) is 0.833. The molecule has 0 spiro atoms. The van der Waals surface area contributed by atoms with Gasteiger partial charge < -0.3 is 14.7 Å². The number of rotatable bonds is 3. The molecule has 0 bridgehead atoms. The largest absolute Gasteiger partial charge is 0.481 e. The lowest BCUT2D eigenvalue weighted by atomic mass is 9.94. The quantitative estimate of drug-likeness (QED) is 0.796. The van der Waals surface area contributed by atoms with Crippen molar-refractivity contribution in [1.29, 1.82) is 0 Å². The van der Waals surface area contributed by atoms with Crippen molar-refractivity contribution < 1.29 is 19.4 Å². The number of ether oxygens (including phenoxy) is 1. The summed E-state index contributed by atoms with van der Waals surface area (Å²) in [6, 6.07) is 0. The van der Waals surface area contributed by atoms with Crippen LogP contribution in [0.2, 0.25) is 0 Å². The van der Waals surface area contributed by atoms with Gasteiger partial charge in [-0.15, -0.1) is 0 Å². The molecule has 0 aliphatic carbocycles. The molecule has 2 unspecified atom stereocenters. The van der Waals surface area contributed by atoms with Crippen LogP contribution >= 0.6 is 0 Å². The molecule has 2 aliphatic rings. The van der Waals surface area contributed by atoms with Crippen LogP contribution in [0.3, 0.4) is 0 Å². The Hall–Kier alpha value is -1.10. The molecule has 0 saturated carbocycles. The van der Waals surface area contributed by atoms with E-state index >= 15 is 0 Å². The van der Waals surface area contributed by atoms with Gasteiger partial charge in [0.05, 0.1) is 0 Å². The van der Waals surface area contributed by atoms with Gasteiger partial charge in [-0.05, 0) is 31.6 Å². The van der Waals surface area contributed by atoms with Crippen molar-refractivity contribution in [3.63, 3.8) is 0 Å². The lowest BCUT2D eigenvalue weighted by Crippen LogP contribution is -2.45. The number of hydrogen-bond donors (Lipinski definition) is 1. The van der Waals surface area contributed by atoms with Crippen LogP contribution in [0.1, 0.15) is 32.1 Å². The minimum absolute atomic E-state index is 0.0533. The van der Waals surface area contributed by atoms with Crippen LogP contribution in [0.5, 0.6) is 0 Å². The van der Waals surface area contributed by atoms with E-state index < -0.39 is 5.97 Å². The summed E-state index contributed by atoms with van der Waals surface area (Å²) in [5.74, 6) is -0.620. The third-order valence-electron chi connectivity index (χ3n) is 3.50. The highest BCUT2D eigenvalue weighted by Gasteiger charge is 2.31. The maximum absolute atomic E-state index is 12.1. The minimum Gasteiger partial charge on any atom is -0.481 e. The van der Waals surface area contributed by atoms with Gasteiger partial charge in [-0.3, -0.25) is 9.59 Å². The maximum atomic E-state index is 12.1. The zero-order valence-corrected chi connectivity index (χ0v) is 9.93. The Kier molecular flexibility index (Phi) is 3.99. The second-order valence-electron chi connectivity index (χ2n) is 4.89. The first kappa shape index (κ1) is 12.4. The first-order chi connectivity index (χ1) is 8.16. The first-order valence-electron chi connectivity index (χ1n) is 6.29. The maximum Gasteiger partial charge on any atom is 0.303 e. The van der Waals surface area contributed by atoms with Gasteiger partial charge in [-0.2, -0.15) is 0 Å². The van der Waals surface area contributed by atoms with E-state index in [-0.39, 0.29) is 24.3 Å². The molecule has 0 aromatic carbocycles. The Morgan fingerprint density at radius 1 is 1.29 bits per heavy atom. The highest BCUT2D eigenvalue weighted by Crippen LogP contribution is 2.22. The molecule has 0 aromatic heterocycles. The topological polar surface area (TPSA) is 66.8 Å². The van der Waals surface area contributed by atoms with Gasteiger partial charge >= 0.3 is 5.97 Å². The first-order valence-corrected chi connectivity index (χ1v) is 6.29. The lowest BCUT2D eigenvalue weighted by Gasteiger charge is -2.33. The Labute approximate surface area is 101 Å².